The maximum Gasteiger partial charge on any atom is -0.00151 e. The fourth-order valence-electron chi connectivity index (χ4n) is 2.47. The summed E-state index contributed by atoms with van der Waals surface area (Å²) < 4.78 is 0. The van der Waals surface area contributed by atoms with Crippen LogP contribution < -0.4 is 10.6 Å². The van der Waals surface area contributed by atoms with Crippen LogP contribution in [0.1, 0.15) is 33.1 Å². The molecule has 2 fully saturated rings. The molecule has 0 amide bonds. The van der Waals surface area contributed by atoms with Gasteiger partial charge >= 0.3 is 0 Å². The molecule has 1 heterocycles. The maximum absolute atomic E-state index is 3.64. The van der Waals surface area contributed by atoms with Crippen LogP contribution in [0.3, 0.4) is 0 Å². The van der Waals surface area contributed by atoms with Crippen LogP contribution in [0.15, 0.2) is 0 Å². The van der Waals surface area contributed by atoms with Gasteiger partial charge in [-0.25, -0.2) is 0 Å². The Morgan fingerprint density at radius 2 is 1.86 bits per heavy atom. The van der Waals surface area contributed by atoms with E-state index in [1.54, 1.807) is 0 Å². The first-order valence-corrected chi connectivity index (χ1v) is 6.10. The third-order valence-corrected chi connectivity index (χ3v) is 4.00. The zero-order valence-electron chi connectivity index (χ0n) is 9.60. The minimum atomic E-state index is 0.640. The van der Waals surface area contributed by atoms with Crippen LogP contribution in [0.2, 0.25) is 0 Å². The lowest BCUT2D eigenvalue weighted by Crippen LogP contribution is -2.34. The quantitative estimate of drug-likeness (QED) is 0.714. The number of piperidine rings is 1. The van der Waals surface area contributed by atoms with Crippen molar-refractivity contribution < 1.29 is 0 Å². The van der Waals surface area contributed by atoms with Gasteiger partial charge in [-0.3, -0.25) is 0 Å². The van der Waals surface area contributed by atoms with E-state index in [9.17, 15) is 0 Å². The average molecular weight is 196 g/mol. The fraction of sp³-hybridized carbons (Fsp3) is 1.00. The summed E-state index contributed by atoms with van der Waals surface area (Å²) >= 11 is 0. The predicted molar refractivity (Wildman–Crippen MR) is 60.4 cm³/mol. The van der Waals surface area contributed by atoms with Crippen molar-refractivity contribution in [3.05, 3.63) is 0 Å². The molecule has 2 heteroatoms. The smallest absolute Gasteiger partial charge is 0.00151 e. The zero-order chi connectivity index (χ0) is 10.0. The maximum atomic E-state index is 3.64. The van der Waals surface area contributed by atoms with Crippen LogP contribution in [0.25, 0.3) is 0 Å². The van der Waals surface area contributed by atoms with E-state index < -0.39 is 0 Å². The normalized spacial score (nSPS) is 31.7. The van der Waals surface area contributed by atoms with Gasteiger partial charge in [0, 0.05) is 0 Å². The topological polar surface area (TPSA) is 24.1 Å². The van der Waals surface area contributed by atoms with Crippen LogP contribution in [-0.4, -0.2) is 26.2 Å². The van der Waals surface area contributed by atoms with Gasteiger partial charge in [0.15, 0.2) is 0 Å². The number of hydrogen-bond acceptors (Lipinski definition) is 2. The van der Waals surface area contributed by atoms with Crippen molar-refractivity contribution in [3.63, 3.8) is 0 Å². The third kappa shape index (κ3) is 2.71. The van der Waals surface area contributed by atoms with E-state index in [1.165, 1.54) is 45.4 Å². The largest absolute Gasteiger partial charge is 0.317 e. The molecule has 1 saturated carbocycles. The summed E-state index contributed by atoms with van der Waals surface area (Å²) in [6, 6.07) is 0. The highest BCUT2D eigenvalue weighted by Gasteiger charge is 2.44. The summed E-state index contributed by atoms with van der Waals surface area (Å²) in [6.07, 6.45) is 4.15. The van der Waals surface area contributed by atoms with Gasteiger partial charge in [-0.15, -0.1) is 0 Å². The summed E-state index contributed by atoms with van der Waals surface area (Å²) in [4.78, 5) is 0. The van der Waals surface area contributed by atoms with E-state index in [0.717, 1.165) is 11.8 Å². The highest BCUT2D eigenvalue weighted by Crippen LogP contribution is 2.50. The Morgan fingerprint density at radius 3 is 2.43 bits per heavy atom. The van der Waals surface area contributed by atoms with Gasteiger partial charge in [-0.05, 0) is 62.7 Å². The van der Waals surface area contributed by atoms with Crippen molar-refractivity contribution in [1.29, 1.82) is 0 Å². The minimum absolute atomic E-state index is 0.640. The molecule has 14 heavy (non-hydrogen) atoms. The second-order valence-electron chi connectivity index (χ2n) is 5.74. The molecule has 2 nitrogen and oxygen atoms in total. The first kappa shape index (κ1) is 10.4. The summed E-state index contributed by atoms with van der Waals surface area (Å²) in [5, 5.41) is 7.06. The minimum Gasteiger partial charge on any atom is -0.317 e. The molecular formula is C12H24N2. The van der Waals surface area contributed by atoms with Gasteiger partial charge in [0.2, 0.25) is 0 Å². The Morgan fingerprint density at radius 1 is 1.21 bits per heavy atom. The molecule has 1 atom stereocenters. The summed E-state index contributed by atoms with van der Waals surface area (Å²) in [5.74, 6) is 1.88. The standard InChI is InChI=1S/C12H24N2/c1-12(2)7-11(12)9-14-8-10-3-5-13-6-4-10/h10-11,13-14H,3-9H2,1-2H3. The molecule has 1 saturated heterocycles. The van der Waals surface area contributed by atoms with Crippen molar-refractivity contribution in [2.45, 2.75) is 33.1 Å². The van der Waals surface area contributed by atoms with Gasteiger partial charge in [0.25, 0.3) is 0 Å². The number of nitrogens with one attached hydrogen (secondary N) is 2. The molecular weight excluding hydrogens is 172 g/mol. The molecule has 0 aromatic carbocycles. The van der Waals surface area contributed by atoms with E-state index in [2.05, 4.69) is 24.5 Å². The molecule has 82 valence electrons. The van der Waals surface area contributed by atoms with Crippen molar-refractivity contribution in [1.82, 2.24) is 10.6 Å². The van der Waals surface area contributed by atoms with E-state index in [1.807, 2.05) is 0 Å². The third-order valence-electron chi connectivity index (χ3n) is 4.00. The Labute approximate surface area is 87.8 Å². The summed E-state index contributed by atoms with van der Waals surface area (Å²) in [5.41, 5.74) is 0.640. The first-order valence-electron chi connectivity index (χ1n) is 6.10. The molecule has 0 spiro atoms. The fourth-order valence-corrected chi connectivity index (χ4v) is 2.47. The second-order valence-corrected chi connectivity index (χ2v) is 5.74. The molecule has 0 bridgehead atoms. The molecule has 1 aliphatic carbocycles. The van der Waals surface area contributed by atoms with E-state index in [-0.39, 0.29) is 0 Å². The SMILES string of the molecule is CC1(C)CC1CNCC1CCNCC1. The summed E-state index contributed by atoms with van der Waals surface area (Å²) in [7, 11) is 0. The molecule has 0 aromatic rings. The highest BCUT2D eigenvalue weighted by molar-refractivity contribution is 4.96. The molecule has 2 aliphatic rings. The van der Waals surface area contributed by atoms with Crippen molar-refractivity contribution >= 4 is 0 Å². The lowest BCUT2D eigenvalue weighted by molar-refractivity contribution is 0.351. The van der Waals surface area contributed by atoms with E-state index in [4.69, 9.17) is 0 Å². The molecule has 0 aromatic heterocycles. The van der Waals surface area contributed by atoms with Crippen LogP contribution in [0.4, 0.5) is 0 Å². The van der Waals surface area contributed by atoms with Gasteiger partial charge < -0.3 is 10.6 Å². The van der Waals surface area contributed by atoms with Crippen molar-refractivity contribution in [2.24, 2.45) is 17.3 Å². The summed E-state index contributed by atoms with van der Waals surface area (Å²) in [6.45, 7) is 9.70. The van der Waals surface area contributed by atoms with E-state index in [0.29, 0.717) is 5.41 Å². The first-order chi connectivity index (χ1) is 6.68. The molecule has 0 radical (unpaired) electrons. The second kappa shape index (κ2) is 4.19. The molecule has 2 rings (SSSR count). The number of hydrogen-bond donors (Lipinski definition) is 2. The Bertz CT molecular complexity index is 183. The molecule has 1 unspecified atom stereocenters. The van der Waals surface area contributed by atoms with Gasteiger partial charge in [0.05, 0.1) is 0 Å². The predicted octanol–water partition coefficient (Wildman–Crippen LogP) is 1.62. The lowest BCUT2D eigenvalue weighted by Gasteiger charge is -2.22. The average Bonchev–Trinajstić information content (AvgIpc) is 2.76. The molecule has 2 N–H and O–H groups in total. The Hall–Kier alpha value is -0.0800. The monoisotopic (exact) mass is 196 g/mol. The van der Waals surface area contributed by atoms with Gasteiger partial charge in [-0.2, -0.15) is 0 Å². The van der Waals surface area contributed by atoms with Crippen LogP contribution in [0, 0.1) is 17.3 Å². The van der Waals surface area contributed by atoms with Crippen LogP contribution in [0.5, 0.6) is 0 Å². The highest BCUT2D eigenvalue weighted by atomic mass is 14.9. The van der Waals surface area contributed by atoms with E-state index >= 15 is 0 Å². The zero-order valence-corrected chi connectivity index (χ0v) is 9.60. The van der Waals surface area contributed by atoms with Crippen molar-refractivity contribution in [3.8, 4) is 0 Å². The van der Waals surface area contributed by atoms with Crippen LogP contribution in [-0.2, 0) is 0 Å². The Kier molecular flexibility index (Phi) is 3.13. The van der Waals surface area contributed by atoms with Crippen LogP contribution >= 0.6 is 0 Å². The lowest BCUT2D eigenvalue weighted by atomic mass is 9.98. The van der Waals surface area contributed by atoms with Gasteiger partial charge in [-0.1, -0.05) is 13.8 Å². The van der Waals surface area contributed by atoms with Crippen molar-refractivity contribution in [2.75, 3.05) is 26.2 Å². The molecule has 1 aliphatic heterocycles. The van der Waals surface area contributed by atoms with Gasteiger partial charge in [0.1, 0.15) is 0 Å². The number of rotatable bonds is 4. The Balaban J connectivity index is 1.54.